The number of hydrogen-bond acceptors (Lipinski definition) is 4. The van der Waals surface area contributed by atoms with E-state index >= 15 is 0 Å². The summed E-state index contributed by atoms with van der Waals surface area (Å²) < 4.78 is 1.01. The van der Waals surface area contributed by atoms with E-state index in [1.54, 1.807) is 24.4 Å². The molecule has 0 saturated carbocycles. The first-order valence-electron chi connectivity index (χ1n) is 5.28. The Labute approximate surface area is 126 Å². The SMILES string of the molecule is Cc1ccc([N+](=O)[O-])cc1NC(=O)c1csc(I)c1. The monoisotopic (exact) mass is 388 g/mol. The fraction of sp³-hybridized carbons (Fsp3) is 0.0833. The van der Waals surface area contributed by atoms with Gasteiger partial charge in [-0.05, 0) is 41.1 Å². The number of rotatable bonds is 3. The Kier molecular flexibility index (Phi) is 4.15. The molecule has 1 amide bonds. The van der Waals surface area contributed by atoms with E-state index in [-0.39, 0.29) is 11.6 Å². The largest absolute Gasteiger partial charge is 0.321 e. The Bertz CT molecular complexity index is 654. The molecule has 0 aliphatic carbocycles. The van der Waals surface area contributed by atoms with Crippen LogP contribution in [0.1, 0.15) is 15.9 Å². The molecule has 1 aromatic carbocycles. The van der Waals surface area contributed by atoms with Crippen LogP contribution < -0.4 is 5.32 Å². The van der Waals surface area contributed by atoms with Gasteiger partial charge in [0.05, 0.1) is 19.1 Å². The maximum Gasteiger partial charge on any atom is 0.271 e. The van der Waals surface area contributed by atoms with Crippen LogP contribution >= 0.6 is 33.9 Å². The molecule has 1 N–H and O–H groups in total. The molecule has 1 heterocycles. The molecule has 0 unspecified atom stereocenters. The minimum Gasteiger partial charge on any atom is -0.321 e. The van der Waals surface area contributed by atoms with Gasteiger partial charge in [-0.25, -0.2) is 0 Å². The number of nitrogens with one attached hydrogen (secondary N) is 1. The molecule has 19 heavy (non-hydrogen) atoms. The number of amides is 1. The molecule has 0 aliphatic rings. The van der Waals surface area contributed by atoms with E-state index in [0.717, 1.165) is 8.45 Å². The second-order valence-electron chi connectivity index (χ2n) is 3.85. The fourth-order valence-corrected chi connectivity index (χ4v) is 2.81. The van der Waals surface area contributed by atoms with E-state index < -0.39 is 4.92 Å². The lowest BCUT2D eigenvalue weighted by Crippen LogP contribution is -2.12. The first kappa shape index (κ1) is 13.9. The molecule has 0 spiro atoms. The lowest BCUT2D eigenvalue weighted by atomic mass is 10.1. The van der Waals surface area contributed by atoms with Crippen molar-refractivity contribution < 1.29 is 9.72 Å². The second kappa shape index (κ2) is 5.66. The summed E-state index contributed by atoms with van der Waals surface area (Å²) in [5, 5.41) is 15.2. The number of anilines is 1. The Morgan fingerprint density at radius 2 is 2.16 bits per heavy atom. The smallest absolute Gasteiger partial charge is 0.271 e. The molecule has 0 atom stereocenters. The summed E-state index contributed by atoms with van der Waals surface area (Å²) in [4.78, 5) is 22.2. The molecule has 0 radical (unpaired) electrons. The fourth-order valence-electron chi connectivity index (χ4n) is 1.48. The van der Waals surface area contributed by atoms with E-state index in [4.69, 9.17) is 0 Å². The number of nitro benzene ring substituents is 1. The molecule has 0 bridgehead atoms. The Morgan fingerprint density at radius 1 is 1.42 bits per heavy atom. The van der Waals surface area contributed by atoms with Crippen molar-refractivity contribution in [1.29, 1.82) is 0 Å². The molecule has 0 fully saturated rings. The van der Waals surface area contributed by atoms with Gasteiger partial charge in [0.25, 0.3) is 11.6 Å². The standard InChI is InChI=1S/C12H9IN2O3S/c1-7-2-3-9(15(17)18)5-10(7)14-12(16)8-4-11(13)19-6-8/h2-6H,1H3,(H,14,16). The van der Waals surface area contributed by atoms with E-state index in [2.05, 4.69) is 27.9 Å². The van der Waals surface area contributed by atoms with Gasteiger partial charge in [-0.2, -0.15) is 0 Å². The maximum absolute atomic E-state index is 12.0. The number of carbonyl (C=O) groups is 1. The quantitative estimate of drug-likeness (QED) is 0.494. The van der Waals surface area contributed by atoms with Gasteiger partial charge in [-0.15, -0.1) is 11.3 Å². The summed E-state index contributed by atoms with van der Waals surface area (Å²) in [5.74, 6) is -0.261. The molecule has 0 saturated heterocycles. The zero-order valence-electron chi connectivity index (χ0n) is 9.84. The van der Waals surface area contributed by atoms with Crippen molar-refractivity contribution in [2.75, 3.05) is 5.32 Å². The summed E-state index contributed by atoms with van der Waals surface area (Å²) >= 11 is 3.61. The average Bonchev–Trinajstić information content (AvgIpc) is 2.78. The van der Waals surface area contributed by atoms with Crippen LogP contribution in [-0.4, -0.2) is 10.8 Å². The van der Waals surface area contributed by atoms with Gasteiger partial charge in [-0.1, -0.05) is 6.07 Å². The predicted molar refractivity (Wildman–Crippen MR) is 82.8 cm³/mol. The molecular formula is C12H9IN2O3S. The molecule has 2 rings (SSSR count). The zero-order chi connectivity index (χ0) is 14.0. The number of halogens is 1. The van der Waals surface area contributed by atoms with Crippen molar-refractivity contribution in [3.63, 3.8) is 0 Å². The highest BCUT2D eigenvalue weighted by Crippen LogP contribution is 2.23. The minimum absolute atomic E-state index is 0.0409. The Balaban J connectivity index is 2.25. The number of non-ortho nitro benzene ring substituents is 1. The van der Waals surface area contributed by atoms with Crippen LogP contribution in [0.2, 0.25) is 0 Å². The normalized spacial score (nSPS) is 10.2. The Hall–Kier alpha value is -1.48. The third kappa shape index (κ3) is 3.29. The second-order valence-corrected chi connectivity index (χ2v) is 6.66. The number of nitro groups is 1. The van der Waals surface area contributed by atoms with Gasteiger partial charge in [0.1, 0.15) is 0 Å². The highest BCUT2D eigenvalue weighted by atomic mass is 127. The first-order valence-corrected chi connectivity index (χ1v) is 7.23. The zero-order valence-corrected chi connectivity index (χ0v) is 12.8. The van der Waals surface area contributed by atoms with Crippen molar-refractivity contribution >= 4 is 51.2 Å². The van der Waals surface area contributed by atoms with Crippen LogP contribution in [0.4, 0.5) is 11.4 Å². The molecule has 0 aliphatic heterocycles. The van der Waals surface area contributed by atoms with Gasteiger partial charge in [0.2, 0.25) is 0 Å². The van der Waals surface area contributed by atoms with Gasteiger partial charge in [0.15, 0.2) is 0 Å². The highest BCUT2D eigenvalue weighted by Gasteiger charge is 2.13. The van der Waals surface area contributed by atoms with Crippen LogP contribution in [0, 0.1) is 19.9 Å². The number of hydrogen-bond donors (Lipinski definition) is 1. The van der Waals surface area contributed by atoms with Crippen LogP contribution in [0.25, 0.3) is 0 Å². The summed E-state index contributed by atoms with van der Waals surface area (Å²) in [6, 6.07) is 6.17. The summed E-state index contributed by atoms with van der Waals surface area (Å²) in [5.41, 5.74) is 1.75. The van der Waals surface area contributed by atoms with Crippen molar-refractivity contribution in [3.05, 3.63) is 53.8 Å². The third-order valence-corrected chi connectivity index (χ3v) is 4.30. The summed E-state index contributed by atoms with van der Waals surface area (Å²) in [6.45, 7) is 1.79. The molecule has 98 valence electrons. The van der Waals surface area contributed by atoms with E-state index in [1.165, 1.54) is 23.5 Å². The van der Waals surface area contributed by atoms with Crippen molar-refractivity contribution in [2.24, 2.45) is 0 Å². The molecule has 7 heteroatoms. The van der Waals surface area contributed by atoms with Crippen LogP contribution in [-0.2, 0) is 0 Å². The van der Waals surface area contributed by atoms with E-state index in [0.29, 0.717) is 11.3 Å². The van der Waals surface area contributed by atoms with Gasteiger partial charge in [-0.3, -0.25) is 14.9 Å². The topological polar surface area (TPSA) is 72.2 Å². The number of carbonyl (C=O) groups excluding carboxylic acids is 1. The van der Waals surface area contributed by atoms with Crippen LogP contribution in [0.15, 0.2) is 29.6 Å². The van der Waals surface area contributed by atoms with Gasteiger partial charge in [0, 0.05) is 17.5 Å². The molecule has 2 aromatic rings. The molecular weight excluding hydrogens is 379 g/mol. The van der Waals surface area contributed by atoms with Crippen molar-refractivity contribution in [1.82, 2.24) is 0 Å². The first-order chi connectivity index (χ1) is 8.97. The summed E-state index contributed by atoms with van der Waals surface area (Å²) in [7, 11) is 0. The Morgan fingerprint density at radius 3 is 2.74 bits per heavy atom. The summed E-state index contributed by atoms with van der Waals surface area (Å²) in [6.07, 6.45) is 0. The number of thiophene rings is 1. The average molecular weight is 388 g/mol. The van der Waals surface area contributed by atoms with Gasteiger partial charge >= 0.3 is 0 Å². The third-order valence-electron chi connectivity index (χ3n) is 2.51. The predicted octanol–water partition coefficient (Wildman–Crippen LogP) is 3.82. The van der Waals surface area contributed by atoms with E-state index in [9.17, 15) is 14.9 Å². The van der Waals surface area contributed by atoms with Gasteiger partial charge < -0.3 is 5.32 Å². The number of aryl methyl sites for hydroxylation is 1. The molecule has 1 aromatic heterocycles. The highest BCUT2D eigenvalue weighted by molar-refractivity contribution is 14.1. The van der Waals surface area contributed by atoms with Crippen molar-refractivity contribution in [3.8, 4) is 0 Å². The number of benzene rings is 1. The van der Waals surface area contributed by atoms with Crippen LogP contribution in [0.3, 0.4) is 0 Å². The van der Waals surface area contributed by atoms with Crippen LogP contribution in [0.5, 0.6) is 0 Å². The molecule has 5 nitrogen and oxygen atoms in total. The van der Waals surface area contributed by atoms with Crippen molar-refractivity contribution in [2.45, 2.75) is 6.92 Å². The lowest BCUT2D eigenvalue weighted by Gasteiger charge is -2.07. The lowest BCUT2D eigenvalue weighted by molar-refractivity contribution is -0.384. The maximum atomic E-state index is 12.0. The number of nitrogens with zero attached hydrogens (tertiary/aromatic N) is 1. The van der Waals surface area contributed by atoms with E-state index in [1.807, 2.05) is 0 Å². The minimum atomic E-state index is -0.484.